The molecule has 0 amide bonds. The number of aromatic hydroxyl groups is 1. The minimum absolute atomic E-state index is 0.0666. The van der Waals surface area contributed by atoms with Gasteiger partial charge in [0, 0.05) is 18.7 Å². The van der Waals surface area contributed by atoms with Crippen LogP contribution in [0, 0.1) is 0 Å². The van der Waals surface area contributed by atoms with Gasteiger partial charge in [0.15, 0.2) is 0 Å². The van der Waals surface area contributed by atoms with E-state index in [1.165, 1.54) is 10.6 Å². The molecule has 1 aromatic carbocycles. The summed E-state index contributed by atoms with van der Waals surface area (Å²) in [5.74, 6) is -0.0666. The average molecular weight is 231 g/mol. The molecule has 0 saturated heterocycles. The van der Waals surface area contributed by atoms with E-state index in [1.54, 1.807) is 0 Å². The van der Waals surface area contributed by atoms with Crippen LogP contribution in [-0.4, -0.2) is 21.4 Å². The number of benzene rings is 1. The van der Waals surface area contributed by atoms with Crippen molar-refractivity contribution in [2.75, 3.05) is 6.61 Å². The molecule has 4 heteroatoms. The first-order valence-electron chi connectivity index (χ1n) is 5.32. The van der Waals surface area contributed by atoms with Gasteiger partial charge >= 0.3 is 0 Å². The smallest absolute Gasteiger partial charge is 0.254 e. The van der Waals surface area contributed by atoms with Crippen LogP contribution in [0.25, 0.3) is 11.3 Å². The first-order valence-corrected chi connectivity index (χ1v) is 5.32. The number of hydrogen-bond acceptors (Lipinski definition) is 3. The number of hydrogen-bond donors (Lipinski definition) is 2. The normalized spacial score (nSPS) is 10.4. The molecule has 0 fully saturated rings. The molecule has 0 spiro atoms. The van der Waals surface area contributed by atoms with Gasteiger partial charge in [-0.2, -0.15) is 0 Å². The van der Waals surface area contributed by atoms with Crippen LogP contribution >= 0.6 is 0 Å². The van der Waals surface area contributed by atoms with E-state index in [1.807, 2.05) is 30.3 Å². The number of nitrogens with zero attached hydrogens (tertiary/aromatic N) is 1. The Kier molecular flexibility index (Phi) is 3.25. The highest BCUT2D eigenvalue weighted by Gasteiger charge is 2.07. The van der Waals surface area contributed by atoms with Crippen LogP contribution in [0.4, 0.5) is 0 Å². The number of aromatic nitrogens is 1. The Morgan fingerprint density at radius 3 is 2.47 bits per heavy atom. The quantitative estimate of drug-likeness (QED) is 0.834. The van der Waals surface area contributed by atoms with Gasteiger partial charge in [-0.25, -0.2) is 0 Å². The minimum Gasteiger partial charge on any atom is -0.508 e. The molecule has 0 unspecified atom stereocenters. The van der Waals surface area contributed by atoms with Crippen molar-refractivity contribution in [2.45, 2.75) is 6.54 Å². The summed E-state index contributed by atoms with van der Waals surface area (Å²) in [7, 11) is 0. The van der Waals surface area contributed by atoms with E-state index < -0.39 is 0 Å². The zero-order valence-corrected chi connectivity index (χ0v) is 9.21. The largest absolute Gasteiger partial charge is 0.508 e. The lowest BCUT2D eigenvalue weighted by atomic mass is 10.1. The van der Waals surface area contributed by atoms with Crippen LogP contribution in [0.2, 0.25) is 0 Å². The van der Waals surface area contributed by atoms with Crippen molar-refractivity contribution >= 4 is 0 Å². The highest BCUT2D eigenvalue weighted by atomic mass is 16.3. The van der Waals surface area contributed by atoms with E-state index in [0.29, 0.717) is 5.69 Å². The number of pyridine rings is 1. The van der Waals surface area contributed by atoms with Crippen LogP contribution in [0.1, 0.15) is 0 Å². The standard InChI is InChI=1S/C13H13NO3/c15-7-6-14-12(8-11(16)9-13(14)17)10-4-2-1-3-5-10/h1-5,8-9,15-16H,6-7H2. The Hall–Kier alpha value is -2.07. The molecule has 2 rings (SSSR count). The van der Waals surface area contributed by atoms with Crippen molar-refractivity contribution in [3.63, 3.8) is 0 Å². The van der Waals surface area contributed by atoms with E-state index in [0.717, 1.165) is 11.6 Å². The second-order valence-corrected chi connectivity index (χ2v) is 3.68. The average Bonchev–Trinajstić information content (AvgIpc) is 2.33. The summed E-state index contributed by atoms with van der Waals surface area (Å²) < 4.78 is 1.44. The van der Waals surface area contributed by atoms with E-state index >= 15 is 0 Å². The molecule has 0 atom stereocenters. The monoisotopic (exact) mass is 231 g/mol. The molecule has 0 saturated carbocycles. The molecule has 2 aromatic rings. The first-order chi connectivity index (χ1) is 8.22. The van der Waals surface area contributed by atoms with Gasteiger partial charge in [0.05, 0.1) is 12.3 Å². The van der Waals surface area contributed by atoms with Crippen LogP contribution < -0.4 is 5.56 Å². The first kappa shape index (κ1) is 11.4. The zero-order chi connectivity index (χ0) is 12.3. The van der Waals surface area contributed by atoms with E-state index in [4.69, 9.17) is 5.11 Å². The predicted molar refractivity (Wildman–Crippen MR) is 64.9 cm³/mol. The third-order valence-electron chi connectivity index (χ3n) is 2.51. The van der Waals surface area contributed by atoms with Crippen molar-refractivity contribution in [2.24, 2.45) is 0 Å². The maximum Gasteiger partial charge on any atom is 0.254 e. The van der Waals surface area contributed by atoms with Crippen LogP contribution in [0.15, 0.2) is 47.3 Å². The highest BCUT2D eigenvalue weighted by molar-refractivity contribution is 5.61. The summed E-state index contributed by atoms with van der Waals surface area (Å²) >= 11 is 0. The van der Waals surface area contributed by atoms with E-state index in [2.05, 4.69) is 0 Å². The van der Waals surface area contributed by atoms with Crippen molar-refractivity contribution in [3.8, 4) is 17.0 Å². The molecule has 0 aliphatic carbocycles. The van der Waals surface area contributed by atoms with E-state index in [-0.39, 0.29) is 24.5 Å². The summed E-state index contributed by atoms with van der Waals surface area (Å²) in [4.78, 5) is 11.7. The van der Waals surface area contributed by atoms with Gasteiger partial charge in [-0.15, -0.1) is 0 Å². The van der Waals surface area contributed by atoms with Gasteiger partial charge in [0.1, 0.15) is 5.75 Å². The van der Waals surface area contributed by atoms with Crippen molar-refractivity contribution in [1.29, 1.82) is 0 Å². The predicted octanol–water partition coefficient (Wildman–Crippen LogP) is 1.21. The molecule has 0 bridgehead atoms. The molecule has 2 N–H and O–H groups in total. The lowest BCUT2D eigenvalue weighted by Gasteiger charge is -2.12. The zero-order valence-electron chi connectivity index (χ0n) is 9.21. The minimum atomic E-state index is -0.321. The maximum absolute atomic E-state index is 11.7. The number of aliphatic hydroxyl groups excluding tert-OH is 1. The molecule has 4 nitrogen and oxygen atoms in total. The molecule has 1 aromatic heterocycles. The van der Waals surface area contributed by atoms with Crippen LogP contribution in [-0.2, 0) is 6.54 Å². The summed E-state index contributed by atoms with van der Waals surface area (Å²) in [5.41, 5.74) is 1.11. The second kappa shape index (κ2) is 4.84. The third kappa shape index (κ3) is 2.37. The lowest BCUT2D eigenvalue weighted by Crippen LogP contribution is -2.22. The van der Waals surface area contributed by atoms with Gasteiger partial charge < -0.3 is 14.8 Å². The summed E-state index contributed by atoms with van der Waals surface area (Å²) in [6.07, 6.45) is 0. The second-order valence-electron chi connectivity index (χ2n) is 3.68. The van der Waals surface area contributed by atoms with E-state index in [9.17, 15) is 9.90 Å². The fraction of sp³-hybridized carbons (Fsp3) is 0.154. The Labute approximate surface area is 98.4 Å². The topological polar surface area (TPSA) is 62.5 Å². The fourth-order valence-electron chi connectivity index (χ4n) is 1.76. The molecule has 1 heterocycles. The van der Waals surface area contributed by atoms with Crippen LogP contribution in [0.5, 0.6) is 5.75 Å². The van der Waals surface area contributed by atoms with Gasteiger partial charge in [-0.05, 0) is 5.56 Å². The molecular weight excluding hydrogens is 218 g/mol. The lowest BCUT2D eigenvalue weighted by molar-refractivity contribution is 0.274. The van der Waals surface area contributed by atoms with Crippen molar-refractivity contribution in [1.82, 2.24) is 4.57 Å². The maximum atomic E-state index is 11.7. The van der Waals surface area contributed by atoms with Crippen molar-refractivity contribution < 1.29 is 10.2 Å². The fourth-order valence-corrected chi connectivity index (χ4v) is 1.76. The van der Waals surface area contributed by atoms with Gasteiger partial charge in [0.25, 0.3) is 5.56 Å². The molecule has 17 heavy (non-hydrogen) atoms. The van der Waals surface area contributed by atoms with Crippen LogP contribution in [0.3, 0.4) is 0 Å². The Balaban J connectivity index is 2.63. The van der Waals surface area contributed by atoms with Gasteiger partial charge in [0.2, 0.25) is 0 Å². The Morgan fingerprint density at radius 2 is 1.82 bits per heavy atom. The molecule has 0 radical (unpaired) electrons. The van der Waals surface area contributed by atoms with Crippen molar-refractivity contribution in [3.05, 3.63) is 52.8 Å². The van der Waals surface area contributed by atoms with Gasteiger partial charge in [-0.3, -0.25) is 4.79 Å². The Bertz CT molecular complexity index is 561. The number of aliphatic hydroxyl groups is 1. The SMILES string of the molecule is O=c1cc(O)cc(-c2ccccc2)n1CCO. The summed E-state index contributed by atoms with van der Waals surface area (Å²) in [6.45, 7) is 0.0911. The summed E-state index contributed by atoms with van der Waals surface area (Å²) in [5, 5.41) is 18.4. The summed E-state index contributed by atoms with van der Waals surface area (Å²) in [6, 6.07) is 11.9. The Morgan fingerprint density at radius 1 is 1.12 bits per heavy atom. The third-order valence-corrected chi connectivity index (χ3v) is 2.51. The molecule has 88 valence electrons. The molecule has 0 aliphatic heterocycles. The highest BCUT2D eigenvalue weighted by Crippen LogP contribution is 2.21. The molecular formula is C13H13NO3. The van der Waals surface area contributed by atoms with Gasteiger partial charge in [-0.1, -0.05) is 30.3 Å². The molecule has 0 aliphatic rings. The number of rotatable bonds is 3.